The fraction of sp³-hybridized carbons (Fsp3) is 0.875. The largest absolute Gasteiger partial charge is 0.480 e. The van der Waals surface area contributed by atoms with Crippen molar-refractivity contribution in [3.05, 3.63) is 0 Å². The summed E-state index contributed by atoms with van der Waals surface area (Å²) in [7, 11) is 0. The predicted molar refractivity (Wildman–Crippen MR) is 47.4 cm³/mol. The maximum absolute atomic E-state index is 10.2. The Labute approximate surface area is 90.6 Å². The number of carboxylic acids is 1. The van der Waals surface area contributed by atoms with Crippen LogP contribution in [-0.2, 0) is 14.3 Å². The molecule has 0 bridgehead atoms. The molecule has 1 aliphatic rings. The topological polar surface area (TPSA) is 137 Å². The van der Waals surface area contributed by atoms with Gasteiger partial charge in [0.15, 0.2) is 6.29 Å². The molecule has 1 unspecified atom stereocenters. The Kier molecular flexibility index (Phi) is 4.59. The van der Waals surface area contributed by atoms with Crippen LogP contribution in [0.2, 0.25) is 0 Å². The highest BCUT2D eigenvalue weighted by molar-refractivity contribution is 5.68. The van der Waals surface area contributed by atoms with E-state index in [2.05, 4.69) is 4.74 Å². The number of hydrogen-bond acceptors (Lipinski definition) is 7. The highest BCUT2D eigenvalue weighted by Crippen LogP contribution is 2.21. The number of carboxylic acid groups (broad SMARTS) is 1. The summed E-state index contributed by atoms with van der Waals surface area (Å²) >= 11 is 0. The Bertz CT molecular complexity index is 242. The second-order valence-corrected chi connectivity index (χ2v) is 3.40. The van der Waals surface area contributed by atoms with Gasteiger partial charge in [-0.2, -0.15) is 0 Å². The lowest BCUT2D eigenvalue weighted by atomic mass is 9.99. The Balaban J connectivity index is 2.60. The molecular weight excluding hydrogens is 224 g/mol. The highest BCUT2D eigenvalue weighted by Gasteiger charge is 2.44. The van der Waals surface area contributed by atoms with Gasteiger partial charge in [0, 0.05) is 0 Å². The molecule has 16 heavy (non-hydrogen) atoms. The smallest absolute Gasteiger partial charge is 0.329 e. The van der Waals surface area contributed by atoms with Crippen molar-refractivity contribution in [1.82, 2.24) is 0 Å². The SMILES string of the molecule is O=C(O)COC1O[C@H](CO)[C@@H](O)[C@H](O)[C@H]1O. The molecule has 0 radical (unpaired) electrons. The number of carbonyl (C=O) groups is 1. The molecule has 94 valence electrons. The number of aliphatic hydroxyl groups excluding tert-OH is 4. The van der Waals surface area contributed by atoms with E-state index in [1.54, 1.807) is 0 Å². The van der Waals surface area contributed by atoms with Gasteiger partial charge in [0.1, 0.15) is 31.0 Å². The first-order valence-electron chi connectivity index (χ1n) is 4.61. The van der Waals surface area contributed by atoms with Gasteiger partial charge in [0.25, 0.3) is 0 Å². The van der Waals surface area contributed by atoms with Crippen molar-refractivity contribution in [1.29, 1.82) is 0 Å². The van der Waals surface area contributed by atoms with Crippen LogP contribution in [0.25, 0.3) is 0 Å². The van der Waals surface area contributed by atoms with E-state index >= 15 is 0 Å². The van der Waals surface area contributed by atoms with Crippen LogP contribution in [0, 0.1) is 0 Å². The summed E-state index contributed by atoms with van der Waals surface area (Å²) in [5.74, 6) is -1.27. The zero-order valence-electron chi connectivity index (χ0n) is 8.26. The van der Waals surface area contributed by atoms with Gasteiger partial charge in [-0.05, 0) is 0 Å². The number of aliphatic hydroxyl groups is 4. The van der Waals surface area contributed by atoms with Crippen molar-refractivity contribution >= 4 is 5.97 Å². The average molecular weight is 238 g/mol. The molecule has 0 aromatic heterocycles. The molecule has 0 aliphatic carbocycles. The van der Waals surface area contributed by atoms with Crippen LogP contribution in [0.1, 0.15) is 0 Å². The lowest BCUT2D eigenvalue weighted by Crippen LogP contribution is -2.59. The molecule has 8 heteroatoms. The molecule has 5 N–H and O–H groups in total. The van der Waals surface area contributed by atoms with Gasteiger partial charge >= 0.3 is 5.97 Å². The molecule has 0 spiro atoms. The molecule has 1 rings (SSSR count). The lowest BCUT2D eigenvalue weighted by Gasteiger charge is -2.39. The number of aliphatic carboxylic acids is 1. The molecule has 1 heterocycles. The molecule has 1 aliphatic heterocycles. The van der Waals surface area contributed by atoms with Crippen molar-refractivity contribution in [2.75, 3.05) is 13.2 Å². The third-order valence-corrected chi connectivity index (χ3v) is 2.22. The maximum atomic E-state index is 10.2. The predicted octanol–water partition coefficient (Wildman–Crippen LogP) is -3.11. The Morgan fingerprint density at radius 2 is 1.81 bits per heavy atom. The van der Waals surface area contributed by atoms with Gasteiger partial charge in [0.2, 0.25) is 0 Å². The van der Waals surface area contributed by atoms with Gasteiger partial charge < -0.3 is 35.0 Å². The van der Waals surface area contributed by atoms with Crippen LogP contribution < -0.4 is 0 Å². The molecule has 0 aromatic carbocycles. The summed E-state index contributed by atoms with van der Waals surface area (Å²) in [4.78, 5) is 10.2. The van der Waals surface area contributed by atoms with E-state index in [0.29, 0.717) is 0 Å². The van der Waals surface area contributed by atoms with E-state index in [1.165, 1.54) is 0 Å². The van der Waals surface area contributed by atoms with Crippen molar-refractivity contribution in [3.8, 4) is 0 Å². The van der Waals surface area contributed by atoms with E-state index < -0.39 is 49.9 Å². The molecular formula is C8H14O8. The minimum atomic E-state index is -1.57. The maximum Gasteiger partial charge on any atom is 0.329 e. The molecule has 8 nitrogen and oxygen atoms in total. The van der Waals surface area contributed by atoms with Crippen LogP contribution in [0.3, 0.4) is 0 Å². The Morgan fingerprint density at radius 3 is 2.31 bits per heavy atom. The molecule has 1 saturated heterocycles. The Hall–Kier alpha value is -0.770. The second-order valence-electron chi connectivity index (χ2n) is 3.40. The first-order valence-corrected chi connectivity index (χ1v) is 4.61. The molecule has 5 atom stereocenters. The molecule has 1 fully saturated rings. The number of hydrogen-bond donors (Lipinski definition) is 5. The van der Waals surface area contributed by atoms with Crippen molar-refractivity contribution < 1.29 is 39.8 Å². The standard InChI is InChI=1S/C8H14O8/c9-1-3-5(12)6(13)7(14)8(16-3)15-2-4(10)11/h3,5-9,12-14H,1-2H2,(H,10,11)/t3-,5-,6+,7-,8?/m1/s1. The summed E-state index contributed by atoms with van der Waals surface area (Å²) in [5, 5.41) is 45.3. The average Bonchev–Trinajstić information content (AvgIpc) is 2.25. The lowest BCUT2D eigenvalue weighted by molar-refractivity contribution is -0.300. The van der Waals surface area contributed by atoms with Crippen LogP contribution in [0.4, 0.5) is 0 Å². The van der Waals surface area contributed by atoms with Gasteiger partial charge in [-0.25, -0.2) is 4.79 Å². The van der Waals surface area contributed by atoms with Crippen LogP contribution >= 0.6 is 0 Å². The van der Waals surface area contributed by atoms with Crippen LogP contribution in [0.15, 0.2) is 0 Å². The fourth-order valence-corrected chi connectivity index (χ4v) is 1.36. The third kappa shape index (κ3) is 2.88. The van der Waals surface area contributed by atoms with E-state index in [0.717, 1.165) is 0 Å². The minimum absolute atomic E-state index is 0.585. The van der Waals surface area contributed by atoms with E-state index in [4.69, 9.17) is 14.9 Å². The number of ether oxygens (including phenoxy) is 2. The first kappa shape index (κ1) is 13.3. The Morgan fingerprint density at radius 1 is 1.19 bits per heavy atom. The van der Waals surface area contributed by atoms with Crippen molar-refractivity contribution in [2.45, 2.75) is 30.7 Å². The van der Waals surface area contributed by atoms with Gasteiger partial charge in [-0.1, -0.05) is 0 Å². The normalized spacial score (nSPS) is 39.6. The van der Waals surface area contributed by atoms with Gasteiger partial charge in [-0.15, -0.1) is 0 Å². The monoisotopic (exact) mass is 238 g/mol. The third-order valence-electron chi connectivity index (χ3n) is 2.22. The summed E-state index contributed by atoms with van der Waals surface area (Å²) in [6, 6.07) is 0. The fourth-order valence-electron chi connectivity index (χ4n) is 1.36. The zero-order chi connectivity index (χ0) is 12.3. The molecule has 0 saturated carbocycles. The van der Waals surface area contributed by atoms with E-state index in [9.17, 15) is 20.1 Å². The van der Waals surface area contributed by atoms with Crippen LogP contribution in [0.5, 0.6) is 0 Å². The quantitative estimate of drug-likeness (QED) is 0.347. The van der Waals surface area contributed by atoms with Crippen molar-refractivity contribution in [3.63, 3.8) is 0 Å². The summed E-state index contributed by atoms with van der Waals surface area (Å²) < 4.78 is 9.54. The first-order chi connectivity index (χ1) is 7.47. The minimum Gasteiger partial charge on any atom is -0.480 e. The number of rotatable bonds is 4. The van der Waals surface area contributed by atoms with E-state index in [-0.39, 0.29) is 0 Å². The summed E-state index contributed by atoms with van der Waals surface area (Å²) in [6.45, 7) is -1.30. The van der Waals surface area contributed by atoms with E-state index in [1.807, 2.05) is 0 Å². The van der Waals surface area contributed by atoms with Crippen LogP contribution in [-0.4, -0.2) is 75.4 Å². The van der Waals surface area contributed by atoms with Gasteiger partial charge in [0.05, 0.1) is 6.61 Å². The molecule has 0 amide bonds. The molecule has 0 aromatic rings. The summed E-state index contributed by atoms with van der Waals surface area (Å²) in [6.07, 6.45) is -7.12. The highest BCUT2D eigenvalue weighted by atomic mass is 16.7. The summed E-state index contributed by atoms with van der Waals surface area (Å²) in [5.41, 5.74) is 0. The zero-order valence-corrected chi connectivity index (χ0v) is 8.26. The second kappa shape index (κ2) is 5.53. The van der Waals surface area contributed by atoms with Gasteiger partial charge in [-0.3, -0.25) is 0 Å². The van der Waals surface area contributed by atoms with Crippen molar-refractivity contribution in [2.24, 2.45) is 0 Å².